The van der Waals surface area contributed by atoms with E-state index >= 15 is 0 Å². The molecule has 3 aromatic carbocycles. The largest absolute Gasteiger partial charge is 0.503 e. The van der Waals surface area contributed by atoms with Crippen LogP contribution in [0.15, 0.2) is 78.1 Å². The van der Waals surface area contributed by atoms with Crippen LogP contribution in [0.1, 0.15) is 23.6 Å². The summed E-state index contributed by atoms with van der Waals surface area (Å²) in [6.45, 7) is 0.0819. The van der Waals surface area contributed by atoms with Crippen LogP contribution in [0.25, 0.3) is 0 Å². The third kappa shape index (κ3) is 4.11. The van der Waals surface area contributed by atoms with E-state index in [0.717, 1.165) is 5.56 Å². The Labute approximate surface area is 208 Å². The third-order valence-corrected chi connectivity index (χ3v) is 6.35. The van der Waals surface area contributed by atoms with Crippen molar-refractivity contribution in [2.24, 2.45) is 0 Å². The number of carbonyl (C=O) groups excluding carboxylic acids is 2. The Bertz CT molecular complexity index is 1350. The number of fused-ring (bicyclic) bond motifs is 1. The van der Waals surface area contributed by atoms with Crippen molar-refractivity contribution in [3.63, 3.8) is 0 Å². The van der Waals surface area contributed by atoms with Crippen LogP contribution >= 0.6 is 0 Å². The third-order valence-electron chi connectivity index (χ3n) is 6.35. The standard InChI is InChI=1S/C28H25NO7/c1-33-21-12-9-18(14-23(21)34-2)26-25(20(30)11-8-17-6-4-3-5-7-17)27(31)28(32)29(26)19-10-13-22-24(15-19)36-16-35-22/h3-7,9-10,12-15,26,31H,8,11,16H2,1-2H3. The molecule has 0 bridgehead atoms. The van der Waals surface area contributed by atoms with Crippen LogP contribution < -0.4 is 23.8 Å². The second kappa shape index (κ2) is 9.65. The molecule has 0 radical (unpaired) electrons. The normalized spacial score (nSPS) is 16.4. The van der Waals surface area contributed by atoms with E-state index in [1.807, 2.05) is 30.3 Å². The van der Waals surface area contributed by atoms with Gasteiger partial charge in [-0.05, 0) is 41.8 Å². The summed E-state index contributed by atoms with van der Waals surface area (Å²) < 4.78 is 21.7. The van der Waals surface area contributed by atoms with Crippen molar-refractivity contribution in [2.75, 3.05) is 25.9 Å². The Morgan fingerprint density at radius 1 is 0.972 bits per heavy atom. The number of ketones is 1. The number of benzene rings is 3. The molecule has 8 heteroatoms. The van der Waals surface area contributed by atoms with E-state index in [1.54, 1.807) is 36.4 Å². The minimum atomic E-state index is -0.874. The number of aliphatic hydroxyl groups is 1. The molecule has 0 fully saturated rings. The van der Waals surface area contributed by atoms with Gasteiger partial charge in [-0.3, -0.25) is 14.5 Å². The van der Waals surface area contributed by atoms with E-state index in [1.165, 1.54) is 19.1 Å². The lowest BCUT2D eigenvalue weighted by Crippen LogP contribution is -2.31. The highest BCUT2D eigenvalue weighted by Gasteiger charge is 2.44. The Balaban J connectivity index is 1.56. The fourth-order valence-corrected chi connectivity index (χ4v) is 4.57. The summed E-state index contributed by atoms with van der Waals surface area (Å²) in [5, 5.41) is 11.0. The van der Waals surface area contributed by atoms with Crippen molar-refractivity contribution < 1.29 is 33.6 Å². The van der Waals surface area contributed by atoms with Gasteiger partial charge in [-0.15, -0.1) is 0 Å². The first kappa shape index (κ1) is 23.3. The predicted octanol–water partition coefficient (Wildman–Crippen LogP) is 4.53. The van der Waals surface area contributed by atoms with Crippen LogP contribution in [-0.4, -0.2) is 37.8 Å². The minimum absolute atomic E-state index is 0.0424. The monoisotopic (exact) mass is 487 g/mol. The van der Waals surface area contributed by atoms with Crippen LogP contribution in [0.3, 0.4) is 0 Å². The molecule has 3 aromatic rings. The van der Waals surface area contributed by atoms with Crippen LogP contribution in [0.4, 0.5) is 5.69 Å². The summed E-state index contributed by atoms with van der Waals surface area (Å²) in [6, 6.07) is 18.9. The zero-order valence-electron chi connectivity index (χ0n) is 19.9. The van der Waals surface area contributed by atoms with Crippen molar-refractivity contribution in [3.05, 3.63) is 89.2 Å². The number of anilines is 1. The summed E-state index contributed by atoms with van der Waals surface area (Å²) in [6.07, 6.45) is 0.614. The zero-order chi connectivity index (χ0) is 25.2. The maximum absolute atomic E-state index is 13.5. The summed E-state index contributed by atoms with van der Waals surface area (Å²) in [5.74, 6) is 0.440. The molecule has 1 atom stereocenters. The van der Waals surface area contributed by atoms with Gasteiger partial charge in [0.2, 0.25) is 6.79 Å². The van der Waals surface area contributed by atoms with Crippen LogP contribution in [0.2, 0.25) is 0 Å². The molecular formula is C28H25NO7. The van der Waals surface area contributed by atoms with Crippen LogP contribution in [0.5, 0.6) is 23.0 Å². The fraction of sp³-hybridized carbons (Fsp3) is 0.214. The van der Waals surface area contributed by atoms with Gasteiger partial charge < -0.3 is 24.1 Å². The molecule has 8 nitrogen and oxygen atoms in total. The summed E-state index contributed by atoms with van der Waals surface area (Å²) >= 11 is 0. The van der Waals surface area contributed by atoms with Crippen LogP contribution in [-0.2, 0) is 16.0 Å². The van der Waals surface area contributed by atoms with Crippen LogP contribution in [0, 0.1) is 0 Å². The molecule has 0 saturated carbocycles. The molecule has 0 saturated heterocycles. The number of amides is 1. The molecule has 0 aliphatic carbocycles. The lowest BCUT2D eigenvalue weighted by Gasteiger charge is -2.27. The van der Waals surface area contributed by atoms with Crippen molar-refractivity contribution in [3.8, 4) is 23.0 Å². The van der Waals surface area contributed by atoms with Gasteiger partial charge in [0, 0.05) is 18.2 Å². The molecule has 0 aromatic heterocycles. The Morgan fingerprint density at radius 3 is 2.47 bits per heavy atom. The molecule has 0 spiro atoms. The number of aliphatic hydroxyl groups excluding tert-OH is 1. The average molecular weight is 488 g/mol. The van der Waals surface area contributed by atoms with Gasteiger partial charge in [-0.1, -0.05) is 36.4 Å². The van der Waals surface area contributed by atoms with Gasteiger partial charge in [-0.25, -0.2) is 0 Å². The molecule has 1 unspecified atom stereocenters. The SMILES string of the molecule is COc1ccc(C2C(C(=O)CCc3ccccc3)=C(O)C(=O)N2c2ccc3c(c2)OCO3)cc1OC. The number of nitrogens with zero attached hydrogens (tertiary/aromatic N) is 1. The average Bonchev–Trinajstić information content (AvgIpc) is 3.49. The number of hydrogen-bond acceptors (Lipinski definition) is 7. The second-order valence-electron chi connectivity index (χ2n) is 8.40. The lowest BCUT2D eigenvalue weighted by molar-refractivity contribution is -0.118. The maximum Gasteiger partial charge on any atom is 0.294 e. The van der Waals surface area contributed by atoms with Crippen molar-refractivity contribution >= 4 is 17.4 Å². The first-order valence-corrected chi connectivity index (χ1v) is 11.5. The second-order valence-corrected chi connectivity index (χ2v) is 8.40. The Morgan fingerprint density at radius 2 is 1.72 bits per heavy atom. The number of Topliss-reactive ketones (excluding diaryl/α,β-unsaturated/α-hetero) is 1. The van der Waals surface area contributed by atoms with Gasteiger partial charge in [-0.2, -0.15) is 0 Å². The van der Waals surface area contributed by atoms with Crippen molar-refractivity contribution in [2.45, 2.75) is 18.9 Å². The number of hydrogen-bond donors (Lipinski definition) is 1. The topological polar surface area (TPSA) is 94.5 Å². The minimum Gasteiger partial charge on any atom is -0.503 e. The van der Waals surface area contributed by atoms with Crippen molar-refractivity contribution in [1.82, 2.24) is 0 Å². The molecule has 2 heterocycles. The Kier molecular flexibility index (Phi) is 6.25. The van der Waals surface area contributed by atoms with E-state index in [4.69, 9.17) is 18.9 Å². The Hall–Kier alpha value is -4.46. The van der Waals surface area contributed by atoms with E-state index < -0.39 is 17.7 Å². The number of ether oxygens (including phenoxy) is 4. The van der Waals surface area contributed by atoms with E-state index in [2.05, 4.69) is 0 Å². The molecule has 2 aliphatic rings. The first-order chi connectivity index (χ1) is 17.5. The van der Waals surface area contributed by atoms with Gasteiger partial charge in [0.25, 0.3) is 5.91 Å². The molecule has 1 N–H and O–H groups in total. The number of methoxy groups -OCH3 is 2. The predicted molar refractivity (Wildman–Crippen MR) is 132 cm³/mol. The highest BCUT2D eigenvalue weighted by atomic mass is 16.7. The molecule has 184 valence electrons. The van der Waals surface area contributed by atoms with Gasteiger partial charge in [0.15, 0.2) is 34.5 Å². The van der Waals surface area contributed by atoms with Gasteiger partial charge >= 0.3 is 0 Å². The van der Waals surface area contributed by atoms with Gasteiger partial charge in [0.1, 0.15) is 0 Å². The smallest absolute Gasteiger partial charge is 0.294 e. The summed E-state index contributed by atoms with van der Waals surface area (Å²) in [5.41, 5.74) is 2.08. The number of aryl methyl sites for hydroxylation is 1. The van der Waals surface area contributed by atoms with E-state index in [-0.39, 0.29) is 24.6 Å². The summed E-state index contributed by atoms with van der Waals surface area (Å²) in [7, 11) is 3.04. The quantitative estimate of drug-likeness (QED) is 0.499. The first-order valence-electron chi connectivity index (χ1n) is 11.5. The molecule has 2 aliphatic heterocycles. The number of carbonyl (C=O) groups is 2. The highest BCUT2D eigenvalue weighted by Crippen LogP contribution is 2.45. The molecule has 36 heavy (non-hydrogen) atoms. The highest BCUT2D eigenvalue weighted by molar-refractivity contribution is 6.16. The van der Waals surface area contributed by atoms with Gasteiger partial charge in [0.05, 0.1) is 25.8 Å². The molecule has 1 amide bonds. The van der Waals surface area contributed by atoms with Crippen molar-refractivity contribution in [1.29, 1.82) is 0 Å². The molecular weight excluding hydrogens is 462 g/mol. The van der Waals surface area contributed by atoms with E-state index in [0.29, 0.717) is 40.7 Å². The van der Waals surface area contributed by atoms with E-state index in [9.17, 15) is 14.7 Å². The molecule has 5 rings (SSSR count). The maximum atomic E-state index is 13.5. The summed E-state index contributed by atoms with van der Waals surface area (Å²) in [4.78, 5) is 28.3. The lowest BCUT2D eigenvalue weighted by atomic mass is 9.92. The zero-order valence-corrected chi connectivity index (χ0v) is 19.9. The number of rotatable bonds is 8. The fourth-order valence-electron chi connectivity index (χ4n) is 4.57.